The predicted octanol–water partition coefficient (Wildman–Crippen LogP) is 2.72. The van der Waals surface area contributed by atoms with Crippen LogP contribution in [0.1, 0.15) is 38.8 Å². The Hall–Kier alpha value is -3.70. The molecule has 0 radical (unpaired) electrons. The lowest BCUT2D eigenvalue weighted by Crippen LogP contribution is -2.41. The molecule has 0 saturated heterocycles. The first kappa shape index (κ1) is 25.6. The Kier molecular flexibility index (Phi) is 8.71. The molecular weight excluding hydrogens is 442 g/mol. The fourth-order valence-corrected chi connectivity index (χ4v) is 2.75. The van der Waals surface area contributed by atoms with Crippen molar-refractivity contribution in [2.45, 2.75) is 45.4 Å². The van der Waals surface area contributed by atoms with Crippen LogP contribution in [0.25, 0.3) is 5.69 Å². The van der Waals surface area contributed by atoms with E-state index in [0.717, 1.165) is 0 Å². The van der Waals surface area contributed by atoms with Crippen LogP contribution in [-0.4, -0.2) is 53.6 Å². The van der Waals surface area contributed by atoms with Crippen molar-refractivity contribution in [1.29, 1.82) is 0 Å². The van der Waals surface area contributed by atoms with Crippen molar-refractivity contribution in [3.8, 4) is 11.4 Å². The molecule has 2 N–H and O–H groups in total. The van der Waals surface area contributed by atoms with Gasteiger partial charge < -0.3 is 24.8 Å². The van der Waals surface area contributed by atoms with Gasteiger partial charge in [0.2, 0.25) is 5.91 Å². The number of hydrogen-bond donors (Lipinski definition) is 2. The van der Waals surface area contributed by atoms with Gasteiger partial charge in [0, 0.05) is 18.5 Å². The van der Waals surface area contributed by atoms with E-state index in [1.165, 1.54) is 30.1 Å². The Morgan fingerprint density at radius 3 is 2.48 bits per heavy atom. The maximum absolute atomic E-state index is 12.9. The molecule has 0 aliphatic carbocycles. The highest BCUT2D eigenvalue weighted by Crippen LogP contribution is 2.27. The Labute approximate surface area is 189 Å². The number of amides is 2. The van der Waals surface area contributed by atoms with E-state index in [4.69, 9.17) is 4.74 Å². The summed E-state index contributed by atoms with van der Waals surface area (Å²) in [5, 5.41) is 8.95. The normalized spacial score (nSPS) is 12.1. The summed E-state index contributed by atoms with van der Waals surface area (Å²) < 4.78 is 41.4. The molecule has 33 heavy (non-hydrogen) atoms. The number of rotatable bonds is 9. The van der Waals surface area contributed by atoms with Crippen molar-refractivity contribution in [2.24, 2.45) is 0 Å². The second-order valence-electron chi connectivity index (χ2n) is 7.85. The predicted molar refractivity (Wildman–Crippen MR) is 112 cm³/mol. The highest BCUT2D eigenvalue weighted by molar-refractivity contribution is 5.83. The topological polar surface area (TPSA) is 121 Å². The van der Waals surface area contributed by atoms with Crippen molar-refractivity contribution in [3.05, 3.63) is 42.2 Å². The summed E-state index contributed by atoms with van der Waals surface area (Å²) in [5.41, 5.74) is -0.0963. The number of aromatic nitrogens is 2. The van der Waals surface area contributed by atoms with Gasteiger partial charge in [-0.25, -0.2) is 9.48 Å². The third-order valence-corrected chi connectivity index (χ3v) is 4.04. The molecule has 2 amide bonds. The number of halogens is 2. The summed E-state index contributed by atoms with van der Waals surface area (Å²) in [6.07, 6.45) is 1.99. The molecule has 0 bridgehead atoms. The number of alkyl carbamates (subject to hydrolysis) is 1. The number of nitrogens with zero attached hydrogens (tertiary/aromatic N) is 2. The number of hydrogen-bond acceptors (Lipinski definition) is 7. The molecule has 10 nitrogen and oxygen atoms in total. The molecule has 1 atom stereocenters. The van der Waals surface area contributed by atoms with Crippen LogP contribution in [0.15, 0.2) is 36.7 Å². The average Bonchev–Trinajstić information content (AvgIpc) is 3.24. The smallest absolute Gasteiger partial charge is 0.408 e. The molecule has 0 unspecified atom stereocenters. The number of carbonyl (C=O) groups excluding carboxylic acids is 3. The van der Waals surface area contributed by atoms with Crippen LogP contribution >= 0.6 is 0 Å². The summed E-state index contributed by atoms with van der Waals surface area (Å²) in [5.74, 6) is -1.49. The molecule has 1 heterocycles. The molecule has 0 fully saturated rings. The quantitative estimate of drug-likeness (QED) is 0.543. The van der Waals surface area contributed by atoms with Gasteiger partial charge in [0.1, 0.15) is 17.9 Å². The minimum absolute atomic E-state index is 0.191. The number of carbonyl (C=O) groups is 3. The molecule has 1 aromatic heterocycles. The summed E-state index contributed by atoms with van der Waals surface area (Å²) in [6, 6.07) is 4.83. The van der Waals surface area contributed by atoms with E-state index in [1.54, 1.807) is 39.1 Å². The van der Waals surface area contributed by atoms with E-state index in [2.05, 4.69) is 25.2 Å². The SMILES string of the molecule is COC(=O)C[C@H](NC(=O)CNC(=O)OC(C)(C)C)c1cc(OC(F)F)cc(-n2cccn2)c1. The third kappa shape index (κ3) is 8.75. The van der Waals surface area contributed by atoms with E-state index in [0.29, 0.717) is 5.69 Å². The minimum Gasteiger partial charge on any atom is -0.469 e. The van der Waals surface area contributed by atoms with Crippen molar-refractivity contribution < 1.29 is 37.4 Å². The standard InChI is InChI=1S/C21H26F2N4O6/c1-21(2,3)33-20(30)24-12-17(28)26-16(11-18(29)31-4)13-8-14(27-7-5-6-25-27)10-15(9-13)32-19(22)23/h5-10,16,19H,11-12H2,1-4H3,(H,24,30)(H,26,28)/t16-/m0/s1. The fraction of sp³-hybridized carbons (Fsp3) is 0.429. The van der Waals surface area contributed by atoms with E-state index >= 15 is 0 Å². The average molecular weight is 468 g/mol. The van der Waals surface area contributed by atoms with Gasteiger partial charge in [-0.05, 0) is 44.5 Å². The lowest BCUT2D eigenvalue weighted by atomic mass is 10.0. The Morgan fingerprint density at radius 2 is 1.91 bits per heavy atom. The number of methoxy groups -OCH3 is 1. The molecule has 0 aliphatic rings. The van der Waals surface area contributed by atoms with E-state index in [-0.39, 0.29) is 17.7 Å². The summed E-state index contributed by atoms with van der Waals surface area (Å²) in [6.45, 7) is 1.49. The van der Waals surface area contributed by atoms with Crippen molar-refractivity contribution in [1.82, 2.24) is 20.4 Å². The van der Waals surface area contributed by atoms with Crippen LogP contribution in [0.4, 0.5) is 13.6 Å². The Balaban J connectivity index is 2.26. The molecule has 0 spiro atoms. The fourth-order valence-electron chi connectivity index (χ4n) is 2.75. The van der Waals surface area contributed by atoms with Gasteiger partial charge in [0.15, 0.2) is 0 Å². The first-order chi connectivity index (χ1) is 15.5. The highest BCUT2D eigenvalue weighted by atomic mass is 19.3. The molecule has 2 rings (SSSR count). The van der Waals surface area contributed by atoms with Gasteiger partial charge in [-0.3, -0.25) is 9.59 Å². The summed E-state index contributed by atoms with van der Waals surface area (Å²) >= 11 is 0. The number of ether oxygens (including phenoxy) is 3. The number of alkyl halides is 2. The van der Waals surface area contributed by atoms with Crippen LogP contribution < -0.4 is 15.4 Å². The van der Waals surface area contributed by atoms with Crippen LogP contribution in [0.2, 0.25) is 0 Å². The summed E-state index contributed by atoms with van der Waals surface area (Å²) in [4.78, 5) is 36.2. The number of esters is 1. The Bertz CT molecular complexity index is 960. The molecule has 0 saturated carbocycles. The first-order valence-electron chi connectivity index (χ1n) is 9.89. The van der Waals surface area contributed by atoms with Crippen LogP contribution in [0.5, 0.6) is 5.75 Å². The third-order valence-electron chi connectivity index (χ3n) is 4.04. The monoisotopic (exact) mass is 468 g/mol. The molecular formula is C21H26F2N4O6. The van der Waals surface area contributed by atoms with Crippen LogP contribution in [0, 0.1) is 0 Å². The van der Waals surface area contributed by atoms with Gasteiger partial charge in [0.25, 0.3) is 0 Å². The zero-order valence-corrected chi connectivity index (χ0v) is 18.6. The molecule has 2 aromatic rings. The van der Waals surface area contributed by atoms with E-state index < -0.39 is 42.8 Å². The number of benzene rings is 1. The second-order valence-corrected chi connectivity index (χ2v) is 7.85. The van der Waals surface area contributed by atoms with Crippen molar-refractivity contribution in [3.63, 3.8) is 0 Å². The molecule has 1 aromatic carbocycles. The zero-order chi connectivity index (χ0) is 24.6. The van der Waals surface area contributed by atoms with Gasteiger partial charge in [-0.1, -0.05) is 0 Å². The van der Waals surface area contributed by atoms with Gasteiger partial charge in [0.05, 0.1) is 25.3 Å². The largest absolute Gasteiger partial charge is 0.469 e. The molecule has 0 aliphatic heterocycles. The summed E-state index contributed by atoms with van der Waals surface area (Å²) in [7, 11) is 1.18. The zero-order valence-electron chi connectivity index (χ0n) is 18.6. The van der Waals surface area contributed by atoms with Gasteiger partial charge in [-0.15, -0.1) is 0 Å². The number of nitrogens with one attached hydrogen (secondary N) is 2. The van der Waals surface area contributed by atoms with Crippen molar-refractivity contribution in [2.75, 3.05) is 13.7 Å². The lowest BCUT2D eigenvalue weighted by molar-refractivity contribution is -0.141. The molecule has 180 valence electrons. The minimum atomic E-state index is -3.09. The van der Waals surface area contributed by atoms with E-state index in [1.807, 2.05) is 0 Å². The highest BCUT2D eigenvalue weighted by Gasteiger charge is 2.23. The maximum Gasteiger partial charge on any atom is 0.408 e. The van der Waals surface area contributed by atoms with Gasteiger partial charge in [-0.2, -0.15) is 13.9 Å². The second kappa shape index (κ2) is 11.2. The Morgan fingerprint density at radius 1 is 1.18 bits per heavy atom. The van der Waals surface area contributed by atoms with Gasteiger partial charge >= 0.3 is 18.7 Å². The van der Waals surface area contributed by atoms with Crippen molar-refractivity contribution >= 4 is 18.0 Å². The van der Waals surface area contributed by atoms with Crippen LogP contribution in [-0.2, 0) is 19.1 Å². The maximum atomic E-state index is 12.9. The first-order valence-corrected chi connectivity index (χ1v) is 9.89. The van der Waals surface area contributed by atoms with E-state index in [9.17, 15) is 23.2 Å². The lowest BCUT2D eigenvalue weighted by Gasteiger charge is -2.21. The molecule has 12 heteroatoms. The van der Waals surface area contributed by atoms with Crippen LogP contribution in [0.3, 0.4) is 0 Å².